The Hall–Kier alpha value is -2.68. The van der Waals surface area contributed by atoms with Gasteiger partial charge in [-0.25, -0.2) is 12.8 Å². The molecule has 0 radical (unpaired) electrons. The van der Waals surface area contributed by atoms with Gasteiger partial charge in [-0.3, -0.25) is 9.71 Å². The quantitative estimate of drug-likeness (QED) is 0.606. The van der Waals surface area contributed by atoms with Gasteiger partial charge in [-0.1, -0.05) is 12.1 Å². The van der Waals surface area contributed by atoms with E-state index in [0.29, 0.717) is 5.39 Å². The highest BCUT2D eigenvalue weighted by Crippen LogP contribution is 2.44. The van der Waals surface area contributed by atoms with E-state index in [1.807, 2.05) is 0 Å². The number of fused-ring (bicyclic) bond motifs is 5. The smallest absolute Gasteiger partial charge is 0.277 e. The third-order valence-electron chi connectivity index (χ3n) is 3.94. The zero-order valence-corrected chi connectivity index (χ0v) is 13.0. The molecule has 0 bridgehead atoms. The number of halogens is 4. The molecule has 2 aromatic carbocycles. The highest BCUT2D eigenvalue weighted by Gasteiger charge is 2.35. The number of nitrogens with one attached hydrogen (secondary N) is 1. The lowest BCUT2D eigenvalue weighted by atomic mass is 9.99. The summed E-state index contributed by atoms with van der Waals surface area (Å²) in [6.07, 6.45) is -3.69. The Bertz CT molecular complexity index is 1140. The third kappa shape index (κ3) is 2.42. The number of hydrogen-bond acceptors (Lipinski definition) is 3. The summed E-state index contributed by atoms with van der Waals surface area (Å²) in [5, 5.41) is 0.330. The molecule has 1 aliphatic heterocycles. The fourth-order valence-electron chi connectivity index (χ4n) is 2.84. The summed E-state index contributed by atoms with van der Waals surface area (Å²) < 4.78 is 79.5. The molecule has 25 heavy (non-hydrogen) atoms. The van der Waals surface area contributed by atoms with Crippen LogP contribution in [0.5, 0.6) is 0 Å². The molecule has 1 aliphatic rings. The topological polar surface area (TPSA) is 59.1 Å². The molecule has 0 unspecified atom stereocenters. The number of alkyl halides is 3. The Balaban J connectivity index is 2.08. The Morgan fingerprint density at radius 3 is 2.48 bits per heavy atom. The summed E-state index contributed by atoms with van der Waals surface area (Å²) in [6, 6.07) is 6.53. The Morgan fingerprint density at radius 1 is 1.00 bits per heavy atom. The molecular weight excluding hydrogens is 360 g/mol. The molecule has 0 saturated carbocycles. The van der Waals surface area contributed by atoms with Crippen LogP contribution in [0.15, 0.2) is 47.5 Å². The largest absolute Gasteiger partial charge is 0.416 e. The highest BCUT2D eigenvalue weighted by atomic mass is 32.2. The van der Waals surface area contributed by atoms with Crippen LogP contribution in [0.2, 0.25) is 0 Å². The molecular formula is C16H8F4N2O2S. The van der Waals surface area contributed by atoms with Crippen molar-refractivity contribution in [3.63, 3.8) is 0 Å². The van der Waals surface area contributed by atoms with Crippen LogP contribution in [0.1, 0.15) is 5.56 Å². The predicted octanol–water partition coefficient (Wildman–Crippen LogP) is 4.17. The Labute approximate surface area is 139 Å². The molecule has 3 aromatic rings. The van der Waals surface area contributed by atoms with Crippen molar-refractivity contribution in [1.82, 2.24) is 4.98 Å². The number of benzene rings is 2. The maximum Gasteiger partial charge on any atom is 0.416 e. The van der Waals surface area contributed by atoms with E-state index in [9.17, 15) is 26.0 Å². The van der Waals surface area contributed by atoms with Crippen molar-refractivity contribution in [2.75, 3.05) is 4.72 Å². The van der Waals surface area contributed by atoms with Gasteiger partial charge in [-0.15, -0.1) is 0 Å². The van der Waals surface area contributed by atoms with Gasteiger partial charge in [0.15, 0.2) is 0 Å². The number of nitrogens with zero attached hydrogens (tertiary/aromatic N) is 1. The molecule has 4 rings (SSSR count). The van der Waals surface area contributed by atoms with E-state index in [0.717, 1.165) is 24.4 Å². The summed E-state index contributed by atoms with van der Waals surface area (Å²) in [5.41, 5.74) is -0.588. The molecule has 1 aromatic heterocycles. The van der Waals surface area contributed by atoms with Crippen LogP contribution in [-0.2, 0) is 16.2 Å². The number of anilines is 1. The molecule has 0 aliphatic carbocycles. The number of rotatable bonds is 0. The van der Waals surface area contributed by atoms with Crippen LogP contribution in [0.25, 0.3) is 22.0 Å². The fourth-order valence-corrected chi connectivity index (χ4v) is 4.13. The standard InChI is InChI=1S/C16H8F4N2O2S/c17-10-5-8-1-3-11-12-6-9(16(18,19)20)2-4-13(12)25(23,24)22-15(11)14(8)21-7-10/h1-7,22H. The molecule has 9 heteroatoms. The molecule has 0 saturated heterocycles. The van der Waals surface area contributed by atoms with Gasteiger partial charge in [0.2, 0.25) is 0 Å². The monoisotopic (exact) mass is 368 g/mol. The highest BCUT2D eigenvalue weighted by molar-refractivity contribution is 7.93. The second kappa shape index (κ2) is 4.92. The number of pyridine rings is 1. The Morgan fingerprint density at radius 2 is 1.76 bits per heavy atom. The SMILES string of the molecule is O=S1(=O)Nc2c(ccc3cc(F)cnc23)-c2cc(C(F)(F)F)ccc21. The van der Waals surface area contributed by atoms with E-state index in [1.165, 1.54) is 18.2 Å². The maximum atomic E-state index is 13.3. The van der Waals surface area contributed by atoms with Crippen molar-refractivity contribution in [1.29, 1.82) is 0 Å². The van der Waals surface area contributed by atoms with Crippen molar-refractivity contribution in [2.24, 2.45) is 0 Å². The first kappa shape index (κ1) is 15.8. The zero-order valence-electron chi connectivity index (χ0n) is 12.2. The summed E-state index contributed by atoms with van der Waals surface area (Å²) in [5.74, 6) is -0.606. The molecule has 0 spiro atoms. The van der Waals surface area contributed by atoms with E-state index in [4.69, 9.17) is 0 Å². The van der Waals surface area contributed by atoms with E-state index in [-0.39, 0.29) is 27.2 Å². The zero-order chi connectivity index (χ0) is 18.0. The number of hydrogen-bond donors (Lipinski definition) is 1. The maximum absolute atomic E-state index is 13.3. The Kier molecular flexibility index (Phi) is 3.11. The van der Waals surface area contributed by atoms with Crippen LogP contribution in [0.4, 0.5) is 23.2 Å². The van der Waals surface area contributed by atoms with Crippen molar-refractivity contribution in [3.05, 3.63) is 54.0 Å². The summed E-state index contributed by atoms with van der Waals surface area (Å²) in [7, 11) is -4.07. The van der Waals surface area contributed by atoms with Gasteiger partial charge in [-0.05, 0) is 24.3 Å². The van der Waals surface area contributed by atoms with Gasteiger partial charge < -0.3 is 0 Å². The van der Waals surface area contributed by atoms with Crippen LogP contribution in [-0.4, -0.2) is 13.4 Å². The van der Waals surface area contributed by atoms with E-state index in [2.05, 4.69) is 9.71 Å². The summed E-state index contributed by atoms with van der Waals surface area (Å²) in [6.45, 7) is 0. The lowest BCUT2D eigenvalue weighted by molar-refractivity contribution is -0.137. The average Bonchev–Trinajstić information content (AvgIpc) is 2.52. The minimum absolute atomic E-state index is 0.0318. The molecule has 2 heterocycles. The van der Waals surface area contributed by atoms with Crippen LogP contribution < -0.4 is 4.72 Å². The van der Waals surface area contributed by atoms with Gasteiger partial charge in [-0.2, -0.15) is 13.2 Å². The lowest BCUT2D eigenvalue weighted by Gasteiger charge is -2.23. The van der Waals surface area contributed by atoms with Gasteiger partial charge in [0.25, 0.3) is 10.0 Å². The fraction of sp³-hybridized carbons (Fsp3) is 0.0625. The summed E-state index contributed by atoms with van der Waals surface area (Å²) in [4.78, 5) is 3.62. The van der Waals surface area contributed by atoms with Gasteiger partial charge >= 0.3 is 6.18 Å². The first-order chi connectivity index (χ1) is 11.7. The molecule has 1 N–H and O–H groups in total. The number of sulfonamides is 1. The molecule has 128 valence electrons. The second-order valence-corrected chi connectivity index (χ2v) is 7.18. The minimum atomic E-state index is -4.61. The predicted molar refractivity (Wildman–Crippen MR) is 82.9 cm³/mol. The van der Waals surface area contributed by atoms with Gasteiger partial charge in [0.05, 0.1) is 27.9 Å². The first-order valence-electron chi connectivity index (χ1n) is 6.99. The number of aromatic nitrogens is 1. The second-order valence-electron chi connectivity index (χ2n) is 5.53. The van der Waals surface area contributed by atoms with Crippen LogP contribution >= 0.6 is 0 Å². The van der Waals surface area contributed by atoms with Gasteiger partial charge in [0, 0.05) is 16.5 Å². The average molecular weight is 368 g/mol. The molecule has 0 atom stereocenters. The first-order valence-corrected chi connectivity index (χ1v) is 8.48. The van der Waals surface area contributed by atoms with Gasteiger partial charge in [0.1, 0.15) is 5.82 Å². The molecule has 0 amide bonds. The van der Waals surface area contributed by atoms with E-state index in [1.54, 1.807) is 0 Å². The van der Waals surface area contributed by atoms with Crippen molar-refractivity contribution < 1.29 is 26.0 Å². The van der Waals surface area contributed by atoms with Crippen LogP contribution in [0, 0.1) is 5.82 Å². The van der Waals surface area contributed by atoms with Crippen molar-refractivity contribution in [3.8, 4) is 11.1 Å². The van der Waals surface area contributed by atoms with E-state index < -0.39 is 27.6 Å². The van der Waals surface area contributed by atoms with Crippen molar-refractivity contribution in [2.45, 2.75) is 11.1 Å². The minimum Gasteiger partial charge on any atom is -0.277 e. The third-order valence-corrected chi connectivity index (χ3v) is 5.35. The lowest BCUT2D eigenvalue weighted by Crippen LogP contribution is -2.20. The summed E-state index contributed by atoms with van der Waals surface area (Å²) >= 11 is 0. The normalized spacial score (nSPS) is 15.4. The molecule has 0 fully saturated rings. The van der Waals surface area contributed by atoms with Crippen LogP contribution in [0.3, 0.4) is 0 Å². The van der Waals surface area contributed by atoms with Crippen molar-refractivity contribution >= 4 is 26.6 Å². The molecule has 4 nitrogen and oxygen atoms in total. The van der Waals surface area contributed by atoms with E-state index >= 15 is 0 Å².